The minimum absolute atomic E-state index is 0.100. The maximum atomic E-state index is 12.5. The van der Waals surface area contributed by atoms with E-state index in [-0.39, 0.29) is 5.78 Å². The molecule has 0 atom stereocenters. The van der Waals surface area contributed by atoms with Crippen LogP contribution in [0.15, 0.2) is 72.8 Å². The lowest BCUT2D eigenvalue weighted by Gasteiger charge is -2.19. The standard InChI is InChI=1S/C20H14O2/c21-20-18-9-5-4-6-14(18)12-15-13-17(10-11-19(15)20)22-16-7-2-1-3-8-16/h1-11,13H,12H2. The first kappa shape index (κ1) is 12.8. The number of rotatable bonds is 2. The molecule has 4 rings (SSSR count). The van der Waals surface area contributed by atoms with Crippen LogP contribution in [0.5, 0.6) is 11.5 Å². The van der Waals surface area contributed by atoms with E-state index in [0.717, 1.165) is 40.2 Å². The van der Waals surface area contributed by atoms with Gasteiger partial charge in [0.05, 0.1) is 0 Å². The molecule has 0 amide bonds. The van der Waals surface area contributed by atoms with Crippen LogP contribution in [-0.2, 0) is 6.42 Å². The Morgan fingerprint density at radius 2 is 1.41 bits per heavy atom. The lowest BCUT2D eigenvalue weighted by molar-refractivity contribution is 0.103. The molecule has 0 spiro atoms. The molecule has 106 valence electrons. The molecule has 3 aromatic carbocycles. The Labute approximate surface area is 129 Å². The van der Waals surface area contributed by atoms with Crippen LogP contribution < -0.4 is 4.74 Å². The first-order chi connectivity index (χ1) is 10.8. The van der Waals surface area contributed by atoms with E-state index in [2.05, 4.69) is 0 Å². The fourth-order valence-electron chi connectivity index (χ4n) is 2.87. The molecule has 0 fully saturated rings. The number of para-hydroxylation sites is 1. The topological polar surface area (TPSA) is 26.3 Å². The van der Waals surface area contributed by atoms with Gasteiger partial charge in [0, 0.05) is 11.1 Å². The lowest BCUT2D eigenvalue weighted by Crippen LogP contribution is -2.14. The Morgan fingerprint density at radius 1 is 0.682 bits per heavy atom. The van der Waals surface area contributed by atoms with Gasteiger partial charge in [0.2, 0.25) is 0 Å². The molecule has 1 aliphatic carbocycles. The summed E-state index contributed by atoms with van der Waals surface area (Å²) in [5.41, 5.74) is 3.69. The monoisotopic (exact) mass is 286 g/mol. The number of fused-ring (bicyclic) bond motifs is 2. The quantitative estimate of drug-likeness (QED) is 0.537. The zero-order valence-electron chi connectivity index (χ0n) is 12.0. The first-order valence-electron chi connectivity index (χ1n) is 7.30. The van der Waals surface area contributed by atoms with Crippen molar-refractivity contribution >= 4 is 5.78 Å². The smallest absolute Gasteiger partial charge is 0.193 e. The van der Waals surface area contributed by atoms with Gasteiger partial charge in [-0.15, -0.1) is 0 Å². The predicted octanol–water partition coefficient (Wildman–Crippen LogP) is 4.61. The van der Waals surface area contributed by atoms with Gasteiger partial charge in [-0.05, 0) is 47.9 Å². The summed E-state index contributed by atoms with van der Waals surface area (Å²) in [4.78, 5) is 12.5. The van der Waals surface area contributed by atoms with E-state index >= 15 is 0 Å². The van der Waals surface area contributed by atoms with E-state index in [1.165, 1.54) is 0 Å². The van der Waals surface area contributed by atoms with E-state index in [4.69, 9.17) is 4.74 Å². The SMILES string of the molecule is O=C1c2ccccc2Cc2cc(Oc3ccccc3)ccc21. The average Bonchev–Trinajstić information content (AvgIpc) is 2.56. The third kappa shape index (κ3) is 2.19. The largest absolute Gasteiger partial charge is 0.457 e. The van der Waals surface area contributed by atoms with Crippen LogP contribution in [0.25, 0.3) is 0 Å². The normalized spacial score (nSPS) is 12.5. The molecule has 0 heterocycles. The Hall–Kier alpha value is -2.87. The third-order valence-corrected chi connectivity index (χ3v) is 3.94. The number of benzene rings is 3. The molecule has 0 unspecified atom stereocenters. The average molecular weight is 286 g/mol. The summed E-state index contributed by atoms with van der Waals surface area (Å²) < 4.78 is 5.86. The van der Waals surface area contributed by atoms with Gasteiger partial charge in [0.15, 0.2) is 5.78 Å². The van der Waals surface area contributed by atoms with E-state index in [9.17, 15) is 4.79 Å². The summed E-state index contributed by atoms with van der Waals surface area (Å²) in [6, 6.07) is 23.2. The maximum Gasteiger partial charge on any atom is 0.193 e. The lowest BCUT2D eigenvalue weighted by atomic mass is 9.85. The van der Waals surface area contributed by atoms with Crippen LogP contribution in [0, 0.1) is 0 Å². The maximum absolute atomic E-state index is 12.5. The summed E-state index contributed by atoms with van der Waals surface area (Å²) in [6.07, 6.45) is 0.767. The Kier molecular flexibility index (Phi) is 3.01. The van der Waals surface area contributed by atoms with Crippen LogP contribution in [0.3, 0.4) is 0 Å². The zero-order chi connectivity index (χ0) is 14.9. The second-order valence-corrected chi connectivity index (χ2v) is 5.40. The van der Waals surface area contributed by atoms with Crippen molar-refractivity contribution in [2.45, 2.75) is 6.42 Å². The highest BCUT2D eigenvalue weighted by atomic mass is 16.5. The van der Waals surface area contributed by atoms with Crippen LogP contribution in [0.2, 0.25) is 0 Å². The summed E-state index contributed by atoms with van der Waals surface area (Å²) in [6.45, 7) is 0. The molecular formula is C20H14O2. The van der Waals surface area contributed by atoms with Crippen molar-refractivity contribution in [3.63, 3.8) is 0 Å². The molecule has 3 aromatic rings. The van der Waals surface area contributed by atoms with Gasteiger partial charge in [0.25, 0.3) is 0 Å². The Bertz CT molecular complexity index is 851. The molecule has 0 bridgehead atoms. The van der Waals surface area contributed by atoms with Gasteiger partial charge in [-0.3, -0.25) is 4.79 Å². The number of carbonyl (C=O) groups excluding carboxylic acids is 1. The summed E-state index contributed by atoms with van der Waals surface area (Å²) >= 11 is 0. The van der Waals surface area contributed by atoms with Gasteiger partial charge in [-0.25, -0.2) is 0 Å². The molecule has 2 nitrogen and oxygen atoms in total. The zero-order valence-corrected chi connectivity index (χ0v) is 12.0. The number of ether oxygens (including phenoxy) is 1. The molecule has 0 radical (unpaired) electrons. The molecule has 22 heavy (non-hydrogen) atoms. The molecule has 0 aromatic heterocycles. The number of carbonyl (C=O) groups is 1. The Morgan fingerprint density at radius 3 is 2.27 bits per heavy atom. The molecule has 0 saturated carbocycles. The van der Waals surface area contributed by atoms with Gasteiger partial charge in [-0.1, -0.05) is 42.5 Å². The molecule has 0 saturated heterocycles. The van der Waals surface area contributed by atoms with E-state index < -0.39 is 0 Å². The predicted molar refractivity (Wildman–Crippen MR) is 85.6 cm³/mol. The summed E-state index contributed by atoms with van der Waals surface area (Å²) in [5.74, 6) is 1.66. The second-order valence-electron chi connectivity index (χ2n) is 5.40. The van der Waals surface area contributed by atoms with Gasteiger partial charge < -0.3 is 4.74 Å². The van der Waals surface area contributed by atoms with Crippen LogP contribution in [0.4, 0.5) is 0 Å². The highest BCUT2D eigenvalue weighted by Gasteiger charge is 2.23. The van der Waals surface area contributed by atoms with E-state index in [1.54, 1.807) is 0 Å². The van der Waals surface area contributed by atoms with Crippen molar-refractivity contribution < 1.29 is 9.53 Å². The van der Waals surface area contributed by atoms with Crippen molar-refractivity contribution in [1.82, 2.24) is 0 Å². The fraction of sp³-hybridized carbons (Fsp3) is 0.0500. The van der Waals surface area contributed by atoms with Crippen molar-refractivity contribution in [3.05, 3.63) is 95.1 Å². The van der Waals surface area contributed by atoms with Crippen molar-refractivity contribution in [3.8, 4) is 11.5 Å². The number of ketones is 1. The second kappa shape index (κ2) is 5.15. The van der Waals surface area contributed by atoms with Crippen molar-refractivity contribution in [1.29, 1.82) is 0 Å². The summed E-state index contributed by atoms with van der Waals surface area (Å²) in [5, 5.41) is 0. The van der Waals surface area contributed by atoms with E-state index in [0.29, 0.717) is 0 Å². The molecular weight excluding hydrogens is 272 g/mol. The third-order valence-electron chi connectivity index (χ3n) is 3.94. The summed E-state index contributed by atoms with van der Waals surface area (Å²) in [7, 11) is 0. The minimum Gasteiger partial charge on any atom is -0.457 e. The van der Waals surface area contributed by atoms with Crippen LogP contribution in [-0.4, -0.2) is 5.78 Å². The van der Waals surface area contributed by atoms with Gasteiger partial charge in [-0.2, -0.15) is 0 Å². The minimum atomic E-state index is 0.100. The van der Waals surface area contributed by atoms with Crippen molar-refractivity contribution in [2.75, 3.05) is 0 Å². The number of hydrogen-bond acceptors (Lipinski definition) is 2. The number of hydrogen-bond donors (Lipinski definition) is 0. The highest BCUT2D eigenvalue weighted by Crippen LogP contribution is 2.31. The van der Waals surface area contributed by atoms with Gasteiger partial charge >= 0.3 is 0 Å². The molecule has 2 heteroatoms. The molecule has 0 aliphatic heterocycles. The highest BCUT2D eigenvalue weighted by molar-refractivity contribution is 6.12. The van der Waals surface area contributed by atoms with Crippen LogP contribution in [0.1, 0.15) is 27.0 Å². The Balaban J connectivity index is 1.70. The van der Waals surface area contributed by atoms with Gasteiger partial charge in [0.1, 0.15) is 11.5 Å². The fourth-order valence-corrected chi connectivity index (χ4v) is 2.87. The molecule has 1 aliphatic rings. The van der Waals surface area contributed by atoms with Crippen molar-refractivity contribution in [2.24, 2.45) is 0 Å². The van der Waals surface area contributed by atoms with E-state index in [1.807, 2.05) is 72.8 Å². The molecule has 0 N–H and O–H groups in total. The first-order valence-corrected chi connectivity index (χ1v) is 7.30. The van der Waals surface area contributed by atoms with Crippen LogP contribution >= 0.6 is 0 Å².